The molecule has 0 aliphatic rings. The quantitative estimate of drug-likeness (QED) is 0.901. The molecule has 2 aromatic carbocycles. The van der Waals surface area contributed by atoms with Crippen LogP contribution in [0.1, 0.15) is 35.3 Å². The average molecular weight is 283 g/mol. The predicted molar refractivity (Wildman–Crippen MR) is 85.3 cm³/mol. The fourth-order valence-corrected chi connectivity index (χ4v) is 2.15. The summed E-state index contributed by atoms with van der Waals surface area (Å²) >= 11 is 0. The van der Waals surface area contributed by atoms with Crippen LogP contribution in [0, 0.1) is 13.8 Å². The van der Waals surface area contributed by atoms with Crippen LogP contribution < -0.4 is 5.32 Å². The first kappa shape index (κ1) is 15.3. The molecule has 3 heteroatoms. The lowest BCUT2D eigenvalue weighted by Gasteiger charge is -2.09. The van der Waals surface area contributed by atoms with Crippen LogP contribution in [0.2, 0.25) is 0 Å². The van der Waals surface area contributed by atoms with Gasteiger partial charge in [0.1, 0.15) is 0 Å². The fraction of sp³-hybridized carbons (Fsp3) is 0.278. The summed E-state index contributed by atoms with van der Waals surface area (Å²) in [5.41, 5.74) is 5.01. The summed E-state index contributed by atoms with van der Waals surface area (Å²) in [7, 11) is 0. The van der Waals surface area contributed by atoms with E-state index >= 15 is 0 Å². The van der Waals surface area contributed by atoms with Crippen molar-refractivity contribution < 1.29 is 9.90 Å². The Balaban J connectivity index is 1.99. The van der Waals surface area contributed by atoms with Gasteiger partial charge in [0.15, 0.2) is 0 Å². The average Bonchev–Trinajstić information content (AvgIpc) is 2.43. The van der Waals surface area contributed by atoms with Crippen LogP contribution in [0.25, 0.3) is 0 Å². The number of hydrogen-bond donors (Lipinski definition) is 2. The van der Waals surface area contributed by atoms with Crippen LogP contribution in [0.15, 0.2) is 42.5 Å². The van der Waals surface area contributed by atoms with Crippen molar-refractivity contribution in [3.05, 3.63) is 64.7 Å². The molecule has 0 spiro atoms. The van der Waals surface area contributed by atoms with Crippen molar-refractivity contribution in [3.63, 3.8) is 0 Å². The zero-order valence-electron chi connectivity index (χ0n) is 12.7. The maximum atomic E-state index is 12.0. The van der Waals surface area contributed by atoms with Gasteiger partial charge in [-0.2, -0.15) is 0 Å². The topological polar surface area (TPSA) is 49.3 Å². The van der Waals surface area contributed by atoms with Gasteiger partial charge in [-0.05, 0) is 55.2 Å². The Morgan fingerprint density at radius 3 is 2.33 bits per heavy atom. The van der Waals surface area contributed by atoms with E-state index in [0.717, 1.165) is 16.8 Å². The second-order valence-electron chi connectivity index (χ2n) is 5.44. The van der Waals surface area contributed by atoms with Gasteiger partial charge in [-0.3, -0.25) is 4.79 Å². The molecule has 0 saturated heterocycles. The van der Waals surface area contributed by atoms with Gasteiger partial charge >= 0.3 is 0 Å². The summed E-state index contributed by atoms with van der Waals surface area (Å²) in [4.78, 5) is 12.0. The van der Waals surface area contributed by atoms with E-state index in [2.05, 4.69) is 12.2 Å². The first-order valence-electron chi connectivity index (χ1n) is 7.09. The maximum absolute atomic E-state index is 12.0. The number of carbonyl (C=O) groups excluding carboxylic acids is 1. The van der Waals surface area contributed by atoms with E-state index in [1.807, 2.05) is 37.3 Å². The second-order valence-corrected chi connectivity index (χ2v) is 5.44. The molecule has 2 aromatic rings. The minimum absolute atomic E-state index is 0.0388. The van der Waals surface area contributed by atoms with Crippen molar-refractivity contribution in [1.29, 1.82) is 0 Å². The first-order valence-corrected chi connectivity index (χ1v) is 7.09. The van der Waals surface area contributed by atoms with E-state index in [1.165, 1.54) is 11.1 Å². The number of anilines is 1. The normalized spacial score (nSPS) is 12.0. The van der Waals surface area contributed by atoms with Crippen LogP contribution >= 0.6 is 0 Å². The number of nitrogens with one attached hydrogen (secondary N) is 1. The van der Waals surface area contributed by atoms with Crippen LogP contribution in [0.4, 0.5) is 5.69 Å². The molecule has 1 unspecified atom stereocenters. The van der Waals surface area contributed by atoms with Gasteiger partial charge < -0.3 is 10.4 Å². The molecule has 1 amide bonds. The van der Waals surface area contributed by atoms with Crippen molar-refractivity contribution in [2.24, 2.45) is 0 Å². The predicted octanol–water partition coefficient (Wildman–Crippen LogP) is 3.54. The minimum atomic E-state index is -0.495. The molecule has 3 nitrogen and oxygen atoms in total. The third-order valence-electron chi connectivity index (χ3n) is 3.61. The Labute approximate surface area is 125 Å². The SMILES string of the molecule is Cc1ccc(CC(=O)Nc2ccc(C(C)O)cc2)cc1C. The Kier molecular flexibility index (Phi) is 4.76. The Morgan fingerprint density at radius 1 is 1.10 bits per heavy atom. The molecule has 0 aliphatic carbocycles. The number of aryl methyl sites for hydroxylation is 2. The molecule has 2 N–H and O–H groups in total. The molecule has 0 saturated carbocycles. The molecule has 0 radical (unpaired) electrons. The number of hydrogen-bond acceptors (Lipinski definition) is 2. The Morgan fingerprint density at radius 2 is 1.76 bits per heavy atom. The summed E-state index contributed by atoms with van der Waals surface area (Å²) in [6.45, 7) is 5.82. The minimum Gasteiger partial charge on any atom is -0.389 e. The molecule has 0 bridgehead atoms. The Bertz CT molecular complexity index is 630. The summed E-state index contributed by atoms with van der Waals surface area (Å²) in [5, 5.41) is 12.3. The van der Waals surface area contributed by atoms with Gasteiger partial charge in [-0.1, -0.05) is 30.3 Å². The summed E-state index contributed by atoms with van der Waals surface area (Å²) in [6, 6.07) is 13.3. The fourth-order valence-electron chi connectivity index (χ4n) is 2.15. The molecular weight excluding hydrogens is 262 g/mol. The molecule has 1 atom stereocenters. The summed E-state index contributed by atoms with van der Waals surface area (Å²) < 4.78 is 0. The van der Waals surface area contributed by atoms with Crippen molar-refractivity contribution in [3.8, 4) is 0 Å². The molecule has 0 heterocycles. The van der Waals surface area contributed by atoms with Crippen LogP contribution in [0.3, 0.4) is 0 Å². The van der Waals surface area contributed by atoms with E-state index in [9.17, 15) is 9.90 Å². The van der Waals surface area contributed by atoms with Crippen molar-refractivity contribution in [2.75, 3.05) is 5.32 Å². The lowest BCUT2D eigenvalue weighted by atomic mass is 10.0. The molecule has 0 fully saturated rings. The number of aliphatic hydroxyl groups excluding tert-OH is 1. The lowest BCUT2D eigenvalue weighted by molar-refractivity contribution is -0.115. The zero-order valence-corrected chi connectivity index (χ0v) is 12.7. The third kappa shape index (κ3) is 4.17. The standard InChI is InChI=1S/C18H21NO2/c1-12-4-5-15(10-13(12)2)11-18(21)19-17-8-6-16(7-9-17)14(3)20/h4-10,14,20H,11H2,1-3H3,(H,19,21). The highest BCUT2D eigenvalue weighted by Crippen LogP contribution is 2.16. The highest BCUT2D eigenvalue weighted by atomic mass is 16.3. The third-order valence-corrected chi connectivity index (χ3v) is 3.61. The number of rotatable bonds is 4. The van der Waals surface area contributed by atoms with E-state index in [-0.39, 0.29) is 5.91 Å². The second kappa shape index (κ2) is 6.55. The highest BCUT2D eigenvalue weighted by molar-refractivity contribution is 5.92. The van der Waals surface area contributed by atoms with Crippen molar-refractivity contribution in [1.82, 2.24) is 0 Å². The largest absolute Gasteiger partial charge is 0.389 e. The lowest BCUT2D eigenvalue weighted by Crippen LogP contribution is -2.14. The number of aliphatic hydroxyl groups is 1. The van der Waals surface area contributed by atoms with Gasteiger partial charge in [-0.15, -0.1) is 0 Å². The van der Waals surface area contributed by atoms with Gasteiger partial charge in [0.25, 0.3) is 0 Å². The summed E-state index contributed by atoms with van der Waals surface area (Å²) in [6.07, 6.45) is -0.135. The highest BCUT2D eigenvalue weighted by Gasteiger charge is 2.06. The van der Waals surface area contributed by atoms with Gasteiger partial charge in [-0.25, -0.2) is 0 Å². The number of benzene rings is 2. The van der Waals surface area contributed by atoms with E-state index in [0.29, 0.717) is 6.42 Å². The first-order chi connectivity index (χ1) is 9.95. The molecule has 0 aliphatic heterocycles. The summed E-state index contributed by atoms with van der Waals surface area (Å²) in [5.74, 6) is -0.0388. The van der Waals surface area contributed by atoms with E-state index in [4.69, 9.17) is 0 Å². The molecular formula is C18H21NO2. The van der Waals surface area contributed by atoms with Crippen LogP contribution in [0.5, 0.6) is 0 Å². The number of amides is 1. The molecule has 110 valence electrons. The Hall–Kier alpha value is -2.13. The van der Waals surface area contributed by atoms with E-state index in [1.54, 1.807) is 19.1 Å². The monoisotopic (exact) mass is 283 g/mol. The van der Waals surface area contributed by atoms with Crippen LogP contribution in [-0.4, -0.2) is 11.0 Å². The number of carbonyl (C=O) groups is 1. The van der Waals surface area contributed by atoms with E-state index < -0.39 is 6.10 Å². The zero-order chi connectivity index (χ0) is 15.4. The van der Waals surface area contributed by atoms with Crippen molar-refractivity contribution >= 4 is 11.6 Å². The maximum Gasteiger partial charge on any atom is 0.228 e. The van der Waals surface area contributed by atoms with Gasteiger partial charge in [0, 0.05) is 5.69 Å². The smallest absolute Gasteiger partial charge is 0.228 e. The van der Waals surface area contributed by atoms with Crippen molar-refractivity contribution in [2.45, 2.75) is 33.3 Å². The van der Waals surface area contributed by atoms with Gasteiger partial charge in [0.2, 0.25) is 5.91 Å². The molecule has 0 aromatic heterocycles. The molecule has 2 rings (SSSR count). The van der Waals surface area contributed by atoms with Crippen LogP contribution in [-0.2, 0) is 11.2 Å². The van der Waals surface area contributed by atoms with Gasteiger partial charge in [0.05, 0.1) is 12.5 Å². The molecule has 21 heavy (non-hydrogen) atoms.